The number of hydrogen-bond donors (Lipinski definition) is 1. The Morgan fingerprint density at radius 1 is 1.28 bits per heavy atom. The zero-order chi connectivity index (χ0) is 23.1. The van der Waals surface area contributed by atoms with Gasteiger partial charge in [-0.15, -0.1) is 0 Å². The first-order chi connectivity index (χ1) is 15.4. The van der Waals surface area contributed by atoms with Crippen molar-refractivity contribution in [3.05, 3.63) is 80.6 Å². The summed E-state index contributed by atoms with van der Waals surface area (Å²) in [6.07, 6.45) is 3.56. The van der Waals surface area contributed by atoms with E-state index in [9.17, 15) is 19.7 Å². The molecule has 0 fully saturated rings. The largest absolute Gasteiger partial charge is 0.493 e. The second kappa shape index (κ2) is 10.3. The average molecular weight is 502 g/mol. The van der Waals surface area contributed by atoms with Crippen LogP contribution >= 0.6 is 15.9 Å². The first kappa shape index (κ1) is 22.6. The van der Waals surface area contributed by atoms with Crippen molar-refractivity contribution in [3.8, 4) is 11.5 Å². The van der Waals surface area contributed by atoms with Gasteiger partial charge < -0.3 is 9.47 Å². The molecule has 0 aliphatic rings. The molecular formula is C20H16BrN5O6. The first-order valence-electron chi connectivity index (χ1n) is 9.01. The Balaban J connectivity index is 1.61. The summed E-state index contributed by atoms with van der Waals surface area (Å²) in [6, 6.07) is 11.6. The number of methoxy groups -OCH3 is 1. The Hall–Kier alpha value is -4.06. The number of esters is 1. The van der Waals surface area contributed by atoms with Crippen molar-refractivity contribution >= 4 is 39.7 Å². The molecule has 1 amide bonds. The molecule has 0 saturated carbocycles. The smallest absolute Gasteiger partial charge is 0.344 e. The van der Waals surface area contributed by atoms with E-state index in [1.807, 2.05) is 0 Å². The van der Waals surface area contributed by atoms with E-state index in [0.29, 0.717) is 21.3 Å². The Morgan fingerprint density at radius 2 is 2.06 bits per heavy atom. The van der Waals surface area contributed by atoms with Gasteiger partial charge in [0.25, 0.3) is 5.91 Å². The number of carbonyl (C=O) groups excluding carboxylic acids is 2. The van der Waals surface area contributed by atoms with Crippen molar-refractivity contribution in [2.24, 2.45) is 5.10 Å². The van der Waals surface area contributed by atoms with Gasteiger partial charge in [-0.1, -0.05) is 12.1 Å². The molecule has 3 aromatic rings. The summed E-state index contributed by atoms with van der Waals surface area (Å²) in [7, 11) is 1.43. The van der Waals surface area contributed by atoms with Crippen molar-refractivity contribution in [3.63, 3.8) is 0 Å². The standard InChI is InChI=1S/C20H16BrN5O6/c1-31-18-8-13(6-7-17(18)32-20(28)15-4-2-3-5-16(15)21)9-22-24-19(27)12-25-11-14(10-23-25)26(29)30/h2-11H,12H2,1H3,(H,24,27)/b22-9+. The molecule has 0 saturated heterocycles. The van der Waals surface area contributed by atoms with E-state index in [1.165, 1.54) is 13.3 Å². The quantitative estimate of drug-likeness (QED) is 0.164. The molecule has 0 radical (unpaired) electrons. The lowest BCUT2D eigenvalue weighted by molar-refractivity contribution is -0.385. The second-order valence-corrected chi connectivity index (χ2v) is 7.08. The summed E-state index contributed by atoms with van der Waals surface area (Å²) in [4.78, 5) is 34.3. The molecule has 164 valence electrons. The summed E-state index contributed by atoms with van der Waals surface area (Å²) in [5.74, 6) is -0.562. The minimum atomic E-state index is -0.605. The fourth-order valence-electron chi connectivity index (χ4n) is 2.53. The van der Waals surface area contributed by atoms with Gasteiger partial charge in [0.1, 0.15) is 18.9 Å². The molecule has 2 aromatic carbocycles. The molecule has 0 unspecified atom stereocenters. The third-order valence-corrected chi connectivity index (χ3v) is 4.71. The van der Waals surface area contributed by atoms with Crippen LogP contribution in [-0.2, 0) is 11.3 Å². The molecule has 1 N–H and O–H groups in total. The molecule has 32 heavy (non-hydrogen) atoms. The van der Waals surface area contributed by atoms with Gasteiger partial charge in [0.2, 0.25) is 0 Å². The first-order valence-corrected chi connectivity index (χ1v) is 9.80. The van der Waals surface area contributed by atoms with Gasteiger partial charge in [0.05, 0.1) is 23.8 Å². The molecule has 0 aliphatic carbocycles. The van der Waals surface area contributed by atoms with Crippen LogP contribution in [0.4, 0.5) is 5.69 Å². The molecule has 12 heteroatoms. The van der Waals surface area contributed by atoms with E-state index in [1.54, 1.807) is 42.5 Å². The lowest BCUT2D eigenvalue weighted by Crippen LogP contribution is -2.23. The van der Waals surface area contributed by atoms with E-state index in [4.69, 9.17) is 9.47 Å². The molecule has 0 spiro atoms. The average Bonchev–Trinajstić information content (AvgIpc) is 3.23. The van der Waals surface area contributed by atoms with Crippen LogP contribution in [0.5, 0.6) is 11.5 Å². The number of aromatic nitrogens is 2. The van der Waals surface area contributed by atoms with Gasteiger partial charge in [0.15, 0.2) is 11.5 Å². The van der Waals surface area contributed by atoms with Crippen LogP contribution in [0.2, 0.25) is 0 Å². The molecule has 0 atom stereocenters. The van der Waals surface area contributed by atoms with E-state index < -0.39 is 16.8 Å². The second-order valence-electron chi connectivity index (χ2n) is 6.23. The highest BCUT2D eigenvalue weighted by atomic mass is 79.9. The normalized spacial score (nSPS) is 10.7. The highest BCUT2D eigenvalue weighted by Crippen LogP contribution is 2.29. The number of rotatable bonds is 8. The number of nitro groups is 1. The fraction of sp³-hybridized carbons (Fsp3) is 0.100. The maximum absolute atomic E-state index is 12.4. The summed E-state index contributed by atoms with van der Waals surface area (Å²) >= 11 is 3.31. The molecular weight excluding hydrogens is 486 g/mol. The van der Waals surface area contributed by atoms with Gasteiger partial charge in [-0.25, -0.2) is 10.2 Å². The van der Waals surface area contributed by atoms with Crippen LogP contribution in [-0.4, -0.2) is 39.9 Å². The third kappa shape index (κ3) is 5.76. The highest BCUT2D eigenvalue weighted by molar-refractivity contribution is 9.10. The maximum Gasteiger partial charge on any atom is 0.344 e. The number of amides is 1. The fourth-order valence-corrected chi connectivity index (χ4v) is 2.97. The van der Waals surface area contributed by atoms with Crippen LogP contribution in [0.15, 0.2) is 64.4 Å². The minimum Gasteiger partial charge on any atom is -0.493 e. The number of hydrogen-bond acceptors (Lipinski definition) is 8. The summed E-state index contributed by atoms with van der Waals surface area (Å²) in [5, 5.41) is 18.2. The van der Waals surface area contributed by atoms with Gasteiger partial charge >= 0.3 is 11.7 Å². The third-order valence-electron chi connectivity index (χ3n) is 4.02. The van der Waals surface area contributed by atoms with Crippen LogP contribution in [0, 0.1) is 10.1 Å². The molecule has 0 bridgehead atoms. The van der Waals surface area contributed by atoms with Crippen molar-refractivity contribution in [2.45, 2.75) is 6.54 Å². The molecule has 1 heterocycles. The number of hydrazone groups is 1. The van der Waals surface area contributed by atoms with E-state index in [2.05, 4.69) is 31.6 Å². The lowest BCUT2D eigenvalue weighted by Gasteiger charge is -2.10. The Morgan fingerprint density at radius 3 is 2.75 bits per heavy atom. The van der Waals surface area contributed by atoms with E-state index in [0.717, 1.165) is 17.1 Å². The van der Waals surface area contributed by atoms with Crippen molar-refractivity contribution in [2.75, 3.05) is 7.11 Å². The number of ether oxygens (including phenoxy) is 2. The summed E-state index contributed by atoms with van der Waals surface area (Å²) < 4.78 is 12.4. The zero-order valence-electron chi connectivity index (χ0n) is 16.6. The number of nitrogens with one attached hydrogen (secondary N) is 1. The van der Waals surface area contributed by atoms with Crippen LogP contribution < -0.4 is 14.9 Å². The lowest BCUT2D eigenvalue weighted by atomic mass is 10.2. The van der Waals surface area contributed by atoms with E-state index in [-0.39, 0.29) is 18.0 Å². The van der Waals surface area contributed by atoms with Crippen LogP contribution in [0.25, 0.3) is 0 Å². The Bertz CT molecular complexity index is 1190. The maximum atomic E-state index is 12.4. The van der Waals surface area contributed by atoms with Gasteiger partial charge in [-0.3, -0.25) is 19.6 Å². The Kier molecular flexibility index (Phi) is 7.29. The van der Waals surface area contributed by atoms with Crippen LogP contribution in [0.1, 0.15) is 15.9 Å². The molecule has 1 aromatic heterocycles. The summed E-state index contributed by atoms with van der Waals surface area (Å²) in [5.41, 5.74) is 3.02. The van der Waals surface area contributed by atoms with Crippen molar-refractivity contribution in [1.82, 2.24) is 15.2 Å². The number of benzene rings is 2. The van der Waals surface area contributed by atoms with Gasteiger partial charge in [-0.05, 0) is 51.8 Å². The number of nitrogens with zero attached hydrogens (tertiary/aromatic N) is 4. The van der Waals surface area contributed by atoms with Gasteiger partial charge in [-0.2, -0.15) is 10.2 Å². The molecule has 0 aliphatic heterocycles. The van der Waals surface area contributed by atoms with Crippen molar-refractivity contribution in [1.29, 1.82) is 0 Å². The van der Waals surface area contributed by atoms with E-state index >= 15 is 0 Å². The number of halogens is 1. The predicted octanol–water partition coefficient (Wildman–Crippen LogP) is 2.93. The van der Waals surface area contributed by atoms with Crippen LogP contribution in [0.3, 0.4) is 0 Å². The monoisotopic (exact) mass is 501 g/mol. The van der Waals surface area contributed by atoms with Crippen molar-refractivity contribution < 1.29 is 24.0 Å². The number of carbonyl (C=O) groups is 2. The van der Waals surface area contributed by atoms with Gasteiger partial charge in [0, 0.05) is 4.47 Å². The minimum absolute atomic E-state index is 0.214. The molecule has 3 rings (SSSR count). The summed E-state index contributed by atoms with van der Waals surface area (Å²) in [6.45, 7) is -0.238. The highest BCUT2D eigenvalue weighted by Gasteiger charge is 2.15. The SMILES string of the molecule is COc1cc(/C=N/NC(=O)Cn2cc([N+](=O)[O-])cn2)ccc1OC(=O)c1ccccc1Br. The predicted molar refractivity (Wildman–Crippen MR) is 117 cm³/mol. The molecule has 11 nitrogen and oxygen atoms in total. The zero-order valence-corrected chi connectivity index (χ0v) is 18.2. The Labute approximate surface area is 189 Å². The topological polar surface area (TPSA) is 138 Å².